The highest BCUT2D eigenvalue weighted by molar-refractivity contribution is 7.99. The summed E-state index contributed by atoms with van der Waals surface area (Å²) in [5, 5.41) is 0. The van der Waals surface area contributed by atoms with Crippen molar-refractivity contribution >= 4 is 23.5 Å². The van der Waals surface area contributed by atoms with Crippen LogP contribution in [0.1, 0.15) is 0 Å². The lowest BCUT2D eigenvalue weighted by molar-refractivity contribution is 0.817. The van der Waals surface area contributed by atoms with Gasteiger partial charge < -0.3 is 10.6 Å². The summed E-state index contributed by atoms with van der Waals surface area (Å²) < 4.78 is 0. The van der Waals surface area contributed by atoms with Crippen LogP contribution in [0.4, 0.5) is 11.8 Å². The molecule has 5 heteroatoms. The van der Waals surface area contributed by atoms with Crippen LogP contribution in [0.2, 0.25) is 0 Å². The van der Waals surface area contributed by atoms with Gasteiger partial charge in [0.15, 0.2) is 0 Å². The van der Waals surface area contributed by atoms with Crippen molar-refractivity contribution in [2.24, 2.45) is 0 Å². The van der Waals surface area contributed by atoms with Gasteiger partial charge in [0.25, 0.3) is 0 Å². The van der Waals surface area contributed by atoms with Crippen molar-refractivity contribution in [3.05, 3.63) is 12.3 Å². The lowest BCUT2D eigenvalue weighted by Crippen LogP contribution is -2.33. The first kappa shape index (κ1) is 8.62. The molecule has 1 aromatic heterocycles. The average Bonchev–Trinajstić information content (AvgIpc) is 2.19. The van der Waals surface area contributed by atoms with E-state index in [1.807, 2.05) is 11.8 Å². The number of nitrogens with two attached hydrogens (primary N) is 1. The molecule has 0 saturated carbocycles. The molecule has 2 N–H and O–H groups in total. The quantitative estimate of drug-likeness (QED) is 0.713. The van der Waals surface area contributed by atoms with Gasteiger partial charge >= 0.3 is 0 Å². The Hall–Kier alpha value is -0.970. The first-order chi connectivity index (χ1) is 6.36. The van der Waals surface area contributed by atoms with E-state index < -0.39 is 0 Å². The summed E-state index contributed by atoms with van der Waals surface area (Å²) in [6.07, 6.45) is 1.71. The SMILES string of the molecule is Nc1ccnc(N2CCSCC2)n1. The second-order valence-corrected chi connectivity index (χ2v) is 4.11. The molecular formula is C8H12N4S. The van der Waals surface area contributed by atoms with E-state index in [2.05, 4.69) is 14.9 Å². The highest BCUT2D eigenvalue weighted by atomic mass is 32.2. The molecule has 1 aliphatic heterocycles. The Morgan fingerprint density at radius 2 is 2.15 bits per heavy atom. The molecule has 0 amide bonds. The predicted octanol–water partition coefficient (Wildman–Crippen LogP) is 0.612. The summed E-state index contributed by atoms with van der Waals surface area (Å²) in [5.74, 6) is 3.61. The second kappa shape index (κ2) is 3.83. The number of hydrogen-bond donors (Lipinski definition) is 1. The van der Waals surface area contributed by atoms with E-state index in [0.717, 1.165) is 30.5 Å². The first-order valence-electron chi connectivity index (χ1n) is 4.27. The summed E-state index contributed by atoms with van der Waals surface area (Å²) in [5.41, 5.74) is 5.58. The number of anilines is 2. The summed E-state index contributed by atoms with van der Waals surface area (Å²) >= 11 is 1.97. The van der Waals surface area contributed by atoms with Gasteiger partial charge in [-0.15, -0.1) is 0 Å². The maximum absolute atomic E-state index is 5.58. The number of rotatable bonds is 1. The van der Waals surface area contributed by atoms with Crippen LogP contribution in [0, 0.1) is 0 Å². The standard InChI is InChI=1S/C8H12N4S/c9-7-1-2-10-8(11-7)12-3-5-13-6-4-12/h1-2H,3-6H2,(H2,9,10,11). The Labute approximate surface area is 81.5 Å². The summed E-state index contributed by atoms with van der Waals surface area (Å²) in [4.78, 5) is 10.5. The molecule has 0 spiro atoms. The molecule has 70 valence electrons. The third-order valence-electron chi connectivity index (χ3n) is 1.96. The van der Waals surface area contributed by atoms with E-state index in [1.165, 1.54) is 0 Å². The number of hydrogen-bond acceptors (Lipinski definition) is 5. The molecule has 1 aliphatic rings. The largest absolute Gasteiger partial charge is 0.384 e. The zero-order valence-corrected chi connectivity index (χ0v) is 8.13. The van der Waals surface area contributed by atoms with Crippen molar-refractivity contribution in [1.82, 2.24) is 9.97 Å². The van der Waals surface area contributed by atoms with Crippen LogP contribution in [-0.4, -0.2) is 34.6 Å². The fraction of sp³-hybridized carbons (Fsp3) is 0.500. The molecule has 0 aliphatic carbocycles. The monoisotopic (exact) mass is 196 g/mol. The lowest BCUT2D eigenvalue weighted by Gasteiger charge is -2.26. The van der Waals surface area contributed by atoms with E-state index >= 15 is 0 Å². The number of nitrogen functional groups attached to an aromatic ring is 1. The molecule has 4 nitrogen and oxygen atoms in total. The zero-order valence-electron chi connectivity index (χ0n) is 7.31. The third kappa shape index (κ3) is 2.03. The number of nitrogens with zero attached hydrogens (tertiary/aromatic N) is 3. The van der Waals surface area contributed by atoms with Crippen molar-refractivity contribution in [3.63, 3.8) is 0 Å². The predicted molar refractivity (Wildman–Crippen MR) is 56.0 cm³/mol. The maximum Gasteiger partial charge on any atom is 0.227 e. The van der Waals surface area contributed by atoms with Crippen LogP contribution in [-0.2, 0) is 0 Å². The van der Waals surface area contributed by atoms with Crippen molar-refractivity contribution in [2.75, 3.05) is 35.2 Å². The van der Waals surface area contributed by atoms with E-state index in [0.29, 0.717) is 5.82 Å². The van der Waals surface area contributed by atoms with Gasteiger partial charge in [0.2, 0.25) is 5.95 Å². The van der Waals surface area contributed by atoms with E-state index in [9.17, 15) is 0 Å². The molecule has 2 heterocycles. The smallest absolute Gasteiger partial charge is 0.227 e. The van der Waals surface area contributed by atoms with Crippen molar-refractivity contribution in [2.45, 2.75) is 0 Å². The molecule has 2 rings (SSSR count). The van der Waals surface area contributed by atoms with Gasteiger partial charge in [0.1, 0.15) is 5.82 Å². The van der Waals surface area contributed by atoms with Crippen LogP contribution in [0.25, 0.3) is 0 Å². The van der Waals surface area contributed by atoms with Gasteiger partial charge in [0.05, 0.1) is 0 Å². The van der Waals surface area contributed by atoms with Crippen molar-refractivity contribution < 1.29 is 0 Å². The second-order valence-electron chi connectivity index (χ2n) is 2.88. The average molecular weight is 196 g/mol. The normalized spacial score (nSPS) is 17.4. The molecule has 1 aromatic rings. The van der Waals surface area contributed by atoms with Gasteiger partial charge in [-0.1, -0.05) is 0 Å². The lowest BCUT2D eigenvalue weighted by atomic mass is 10.5. The Kier molecular flexibility index (Phi) is 2.54. The minimum absolute atomic E-state index is 0.545. The Bertz CT molecular complexity index is 285. The molecule has 1 saturated heterocycles. The molecule has 0 atom stereocenters. The van der Waals surface area contributed by atoms with E-state index in [1.54, 1.807) is 12.3 Å². The number of thioether (sulfide) groups is 1. The summed E-state index contributed by atoms with van der Waals surface area (Å²) in [7, 11) is 0. The highest BCUT2D eigenvalue weighted by Gasteiger charge is 2.12. The van der Waals surface area contributed by atoms with Gasteiger partial charge in [0, 0.05) is 30.8 Å². The highest BCUT2D eigenvalue weighted by Crippen LogP contribution is 2.15. The third-order valence-corrected chi connectivity index (χ3v) is 2.90. The molecule has 0 radical (unpaired) electrons. The molecule has 13 heavy (non-hydrogen) atoms. The fourth-order valence-electron chi connectivity index (χ4n) is 1.28. The molecule has 0 bridgehead atoms. The van der Waals surface area contributed by atoms with Crippen LogP contribution in [0.3, 0.4) is 0 Å². The molecule has 0 unspecified atom stereocenters. The van der Waals surface area contributed by atoms with Crippen LogP contribution < -0.4 is 10.6 Å². The van der Waals surface area contributed by atoms with Gasteiger partial charge in [-0.25, -0.2) is 4.98 Å². The zero-order chi connectivity index (χ0) is 9.10. The van der Waals surface area contributed by atoms with E-state index in [-0.39, 0.29) is 0 Å². The minimum atomic E-state index is 0.545. The topological polar surface area (TPSA) is 55.0 Å². The summed E-state index contributed by atoms with van der Waals surface area (Å²) in [6.45, 7) is 2.04. The first-order valence-corrected chi connectivity index (χ1v) is 5.43. The Morgan fingerprint density at radius 3 is 2.85 bits per heavy atom. The van der Waals surface area contributed by atoms with Crippen LogP contribution in [0.5, 0.6) is 0 Å². The van der Waals surface area contributed by atoms with E-state index in [4.69, 9.17) is 5.73 Å². The Balaban J connectivity index is 2.14. The van der Waals surface area contributed by atoms with Crippen molar-refractivity contribution in [3.8, 4) is 0 Å². The van der Waals surface area contributed by atoms with Gasteiger partial charge in [-0.2, -0.15) is 16.7 Å². The fourth-order valence-corrected chi connectivity index (χ4v) is 2.18. The summed E-state index contributed by atoms with van der Waals surface area (Å²) in [6, 6.07) is 1.71. The molecule has 1 fully saturated rings. The number of aromatic nitrogens is 2. The Morgan fingerprint density at radius 1 is 1.38 bits per heavy atom. The van der Waals surface area contributed by atoms with Gasteiger partial charge in [-0.05, 0) is 6.07 Å². The maximum atomic E-state index is 5.58. The van der Waals surface area contributed by atoms with Crippen LogP contribution in [0.15, 0.2) is 12.3 Å². The van der Waals surface area contributed by atoms with Crippen LogP contribution >= 0.6 is 11.8 Å². The molecular weight excluding hydrogens is 184 g/mol. The molecule has 0 aromatic carbocycles. The van der Waals surface area contributed by atoms with Crippen molar-refractivity contribution in [1.29, 1.82) is 0 Å². The van der Waals surface area contributed by atoms with Gasteiger partial charge in [-0.3, -0.25) is 0 Å². The minimum Gasteiger partial charge on any atom is -0.384 e.